The van der Waals surface area contributed by atoms with Gasteiger partial charge in [-0.15, -0.1) is 16.8 Å². The molecule has 1 aromatic carbocycles. The van der Waals surface area contributed by atoms with Crippen LogP contribution in [-0.2, 0) is 0 Å². The average molecular weight is 329 g/mol. The summed E-state index contributed by atoms with van der Waals surface area (Å²) in [6.07, 6.45) is 1.71. The number of halogens is 1. The van der Waals surface area contributed by atoms with Gasteiger partial charge in [0.1, 0.15) is 0 Å². The summed E-state index contributed by atoms with van der Waals surface area (Å²) in [7, 11) is 0. The molecule has 0 bridgehead atoms. The van der Waals surface area contributed by atoms with E-state index in [0.717, 1.165) is 0 Å². The zero-order valence-electron chi connectivity index (χ0n) is 10.1. The zero-order chi connectivity index (χ0) is 14.5. The topological polar surface area (TPSA) is 81.0 Å². The largest absolute Gasteiger partial charge is 0.357 e. The summed E-state index contributed by atoms with van der Waals surface area (Å²) in [5.74, 6) is 0. The number of anilines is 1. The molecule has 0 radical (unpaired) electrons. The molecule has 0 unspecified atom stereocenters. The van der Waals surface area contributed by atoms with Crippen LogP contribution in [0.2, 0.25) is 5.02 Å². The summed E-state index contributed by atoms with van der Waals surface area (Å²) in [5.41, 5.74) is -0.0432. The number of hydrogen-bond acceptors (Lipinski definition) is 7. The van der Waals surface area contributed by atoms with Crippen LogP contribution in [0.5, 0.6) is 0 Å². The van der Waals surface area contributed by atoms with E-state index in [2.05, 4.69) is 22.1 Å². The van der Waals surface area contributed by atoms with Crippen molar-refractivity contribution in [2.75, 3.05) is 11.9 Å². The number of nitrogens with one attached hydrogen (secondary N) is 1. The minimum absolute atomic E-state index is 0.0432. The molecule has 0 fully saturated rings. The van der Waals surface area contributed by atoms with Gasteiger partial charge in [0.2, 0.25) is 5.13 Å². The first kappa shape index (κ1) is 14.8. The Balaban J connectivity index is 2.19. The first-order valence-corrected chi connectivity index (χ1v) is 7.41. The first-order chi connectivity index (χ1) is 9.60. The number of nitro benzene ring substituents is 1. The molecular formula is C11H9ClN4O2S2. The molecule has 0 atom stereocenters. The SMILES string of the molecule is C=CCNc1nnc(Sc2ccc(Cl)cc2[N+](=O)[O-])s1. The number of benzene rings is 1. The summed E-state index contributed by atoms with van der Waals surface area (Å²) in [6.45, 7) is 4.17. The van der Waals surface area contributed by atoms with E-state index in [1.54, 1.807) is 18.2 Å². The van der Waals surface area contributed by atoms with Gasteiger partial charge in [0.25, 0.3) is 5.69 Å². The molecule has 0 aliphatic rings. The lowest BCUT2D eigenvalue weighted by Crippen LogP contribution is -1.96. The van der Waals surface area contributed by atoms with Crippen LogP contribution in [0, 0.1) is 10.1 Å². The highest BCUT2D eigenvalue weighted by Gasteiger charge is 2.17. The second kappa shape index (κ2) is 6.69. The maximum Gasteiger partial charge on any atom is 0.284 e. The van der Waals surface area contributed by atoms with Crippen molar-refractivity contribution >= 4 is 45.5 Å². The van der Waals surface area contributed by atoms with Gasteiger partial charge in [-0.1, -0.05) is 29.0 Å². The fraction of sp³-hybridized carbons (Fsp3) is 0.0909. The normalized spacial score (nSPS) is 10.2. The minimum Gasteiger partial charge on any atom is -0.357 e. The Morgan fingerprint density at radius 1 is 1.55 bits per heavy atom. The van der Waals surface area contributed by atoms with Crippen LogP contribution < -0.4 is 5.32 Å². The number of rotatable bonds is 6. The van der Waals surface area contributed by atoms with Crippen molar-refractivity contribution in [2.45, 2.75) is 9.24 Å². The lowest BCUT2D eigenvalue weighted by Gasteiger charge is -2.00. The van der Waals surface area contributed by atoms with Crippen molar-refractivity contribution in [1.29, 1.82) is 0 Å². The molecule has 0 aliphatic heterocycles. The molecule has 0 saturated carbocycles. The molecule has 104 valence electrons. The summed E-state index contributed by atoms with van der Waals surface area (Å²) in [6, 6.07) is 4.53. The van der Waals surface area contributed by atoms with E-state index >= 15 is 0 Å². The first-order valence-electron chi connectivity index (χ1n) is 5.40. The molecule has 2 aromatic rings. The number of hydrogen-bond donors (Lipinski definition) is 1. The van der Waals surface area contributed by atoms with Gasteiger partial charge >= 0.3 is 0 Å². The summed E-state index contributed by atoms with van der Waals surface area (Å²) in [4.78, 5) is 11.0. The monoisotopic (exact) mass is 328 g/mol. The van der Waals surface area contributed by atoms with Crippen LogP contribution in [0.4, 0.5) is 10.8 Å². The van der Waals surface area contributed by atoms with Gasteiger partial charge in [-0.25, -0.2) is 0 Å². The van der Waals surface area contributed by atoms with Gasteiger partial charge in [0, 0.05) is 17.6 Å². The Morgan fingerprint density at radius 3 is 3.05 bits per heavy atom. The zero-order valence-corrected chi connectivity index (χ0v) is 12.5. The lowest BCUT2D eigenvalue weighted by molar-refractivity contribution is -0.387. The fourth-order valence-corrected chi connectivity index (χ4v) is 3.26. The van der Waals surface area contributed by atoms with Crippen molar-refractivity contribution in [1.82, 2.24) is 10.2 Å². The van der Waals surface area contributed by atoms with Gasteiger partial charge < -0.3 is 5.32 Å². The Labute approximate surface area is 128 Å². The van der Waals surface area contributed by atoms with Crippen LogP contribution in [-0.4, -0.2) is 21.7 Å². The van der Waals surface area contributed by atoms with E-state index in [1.165, 1.54) is 29.2 Å². The second-order valence-electron chi connectivity index (χ2n) is 3.51. The highest BCUT2D eigenvalue weighted by Crippen LogP contribution is 2.38. The highest BCUT2D eigenvalue weighted by atomic mass is 35.5. The molecule has 6 nitrogen and oxygen atoms in total. The van der Waals surface area contributed by atoms with Crippen LogP contribution in [0.3, 0.4) is 0 Å². The summed E-state index contributed by atoms with van der Waals surface area (Å²) >= 11 is 8.27. The molecule has 9 heteroatoms. The molecule has 0 saturated heterocycles. The van der Waals surface area contributed by atoms with Gasteiger partial charge in [-0.3, -0.25) is 10.1 Å². The number of aromatic nitrogens is 2. The van der Waals surface area contributed by atoms with Crippen molar-refractivity contribution in [3.63, 3.8) is 0 Å². The Morgan fingerprint density at radius 2 is 2.35 bits per heavy atom. The molecule has 0 amide bonds. The smallest absolute Gasteiger partial charge is 0.284 e. The number of nitro groups is 1. The molecule has 1 heterocycles. The van der Waals surface area contributed by atoms with E-state index in [-0.39, 0.29) is 5.69 Å². The maximum atomic E-state index is 11.0. The van der Waals surface area contributed by atoms with E-state index in [4.69, 9.17) is 11.6 Å². The van der Waals surface area contributed by atoms with Crippen LogP contribution >= 0.6 is 34.7 Å². The van der Waals surface area contributed by atoms with Gasteiger partial charge in [-0.2, -0.15) is 0 Å². The molecule has 1 aromatic heterocycles. The molecule has 2 rings (SSSR count). The van der Waals surface area contributed by atoms with Crippen LogP contribution in [0.1, 0.15) is 0 Å². The second-order valence-corrected chi connectivity index (χ2v) is 6.22. The fourth-order valence-electron chi connectivity index (χ4n) is 1.30. The highest BCUT2D eigenvalue weighted by molar-refractivity contribution is 8.01. The third-order valence-electron chi connectivity index (χ3n) is 2.12. The predicted molar refractivity (Wildman–Crippen MR) is 80.8 cm³/mol. The molecule has 0 aliphatic carbocycles. The minimum atomic E-state index is -0.466. The third-order valence-corrected chi connectivity index (χ3v) is 4.35. The van der Waals surface area contributed by atoms with Gasteiger partial charge in [0.05, 0.1) is 9.82 Å². The van der Waals surface area contributed by atoms with Crippen LogP contribution in [0.25, 0.3) is 0 Å². The Kier molecular flexibility index (Phi) is 4.94. The predicted octanol–water partition coefficient (Wildman–Crippen LogP) is 3.85. The number of nitrogens with zero attached hydrogens (tertiary/aromatic N) is 3. The van der Waals surface area contributed by atoms with E-state index in [0.29, 0.717) is 25.9 Å². The van der Waals surface area contributed by atoms with Crippen LogP contribution in [0.15, 0.2) is 40.1 Å². The quantitative estimate of drug-likeness (QED) is 0.493. The Bertz CT molecular complexity index is 647. The van der Waals surface area contributed by atoms with E-state index in [9.17, 15) is 10.1 Å². The lowest BCUT2D eigenvalue weighted by atomic mass is 10.3. The molecule has 0 spiro atoms. The summed E-state index contributed by atoms with van der Waals surface area (Å²) < 4.78 is 0.613. The van der Waals surface area contributed by atoms with E-state index < -0.39 is 4.92 Å². The molecular weight excluding hydrogens is 320 g/mol. The van der Waals surface area contributed by atoms with Gasteiger partial charge in [-0.05, 0) is 23.9 Å². The maximum absolute atomic E-state index is 11.0. The van der Waals surface area contributed by atoms with Gasteiger partial charge in [0.15, 0.2) is 4.34 Å². The average Bonchev–Trinajstić information content (AvgIpc) is 2.86. The van der Waals surface area contributed by atoms with Crippen molar-refractivity contribution in [2.24, 2.45) is 0 Å². The van der Waals surface area contributed by atoms with E-state index in [1.807, 2.05) is 0 Å². The van der Waals surface area contributed by atoms with Crippen molar-refractivity contribution < 1.29 is 4.92 Å². The molecule has 20 heavy (non-hydrogen) atoms. The Hall–Kier alpha value is -1.64. The molecule has 1 N–H and O–H groups in total. The third kappa shape index (κ3) is 3.69. The standard InChI is InChI=1S/C11H9ClN4O2S2/c1-2-5-13-10-14-15-11(20-10)19-9-4-3-7(12)6-8(9)16(17)18/h2-4,6H,1,5H2,(H,13,14). The van der Waals surface area contributed by atoms with Crippen molar-refractivity contribution in [3.8, 4) is 0 Å². The van der Waals surface area contributed by atoms with Crippen molar-refractivity contribution in [3.05, 3.63) is 46.0 Å². The summed E-state index contributed by atoms with van der Waals surface area (Å²) in [5, 5.41) is 22.9.